The molecule has 0 aliphatic carbocycles. The highest BCUT2D eigenvalue weighted by Gasteiger charge is 2.23. The first-order chi connectivity index (χ1) is 11.1. The number of benzene rings is 1. The average Bonchev–Trinajstić information content (AvgIpc) is 2.95. The lowest BCUT2D eigenvalue weighted by atomic mass is 9.97. The molecule has 0 bridgehead atoms. The molecule has 1 aromatic carbocycles. The van der Waals surface area contributed by atoms with Gasteiger partial charge in [0.15, 0.2) is 0 Å². The second-order valence-corrected chi connectivity index (χ2v) is 6.94. The summed E-state index contributed by atoms with van der Waals surface area (Å²) in [4.78, 5) is 6.96. The van der Waals surface area contributed by atoms with Crippen LogP contribution in [0.4, 0.5) is 0 Å². The fourth-order valence-corrected chi connectivity index (χ4v) is 3.67. The van der Waals surface area contributed by atoms with Gasteiger partial charge in [-0.2, -0.15) is 0 Å². The highest BCUT2D eigenvalue weighted by Crippen LogP contribution is 2.27. The summed E-state index contributed by atoms with van der Waals surface area (Å²) in [7, 11) is 4.23. The van der Waals surface area contributed by atoms with Gasteiger partial charge in [0.2, 0.25) is 0 Å². The number of aryl methyl sites for hydroxylation is 1. The van der Waals surface area contributed by atoms with Crippen LogP contribution in [0.1, 0.15) is 30.3 Å². The highest BCUT2D eigenvalue weighted by atomic mass is 35.5. The molecule has 1 aromatic heterocycles. The standard InChI is InChI=1S/C18H25ClN4/c1-22-10-5-6-14(13-22)12-21-17(18-20-9-11-23(18)2)15-7-3-4-8-16(15)19/h3-4,7-9,11,14,17,21H,5-6,10,12-13H2,1-2H3/t14-,17-/m0/s1. The first kappa shape index (κ1) is 16.5. The molecule has 0 saturated carbocycles. The third-order valence-corrected chi connectivity index (χ3v) is 5.01. The fourth-order valence-electron chi connectivity index (χ4n) is 3.43. The zero-order valence-corrected chi connectivity index (χ0v) is 14.6. The molecule has 3 rings (SSSR count). The van der Waals surface area contributed by atoms with Crippen LogP contribution in [0.15, 0.2) is 36.7 Å². The molecule has 0 amide bonds. The van der Waals surface area contributed by atoms with Gasteiger partial charge in [-0.15, -0.1) is 0 Å². The van der Waals surface area contributed by atoms with Gasteiger partial charge in [0.1, 0.15) is 5.82 Å². The summed E-state index contributed by atoms with van der Waals surface area (Å²) in [6.45, 7) is 3.35. The Morgan fingerprint density at radius 1 is 1.35 bits per heavy atom. The van der Waals surface area contributed by atoms with Crippen molar-refractivity contribution in [1.82, 2.24) is 19.8 Å². The minimum Gasteiger partial charge on any atom is -0.336 e. The Balaban J connectivity index is 1.79. The second-order valence-electron chi connectivity index (χ2n) is 6.53. The number of imidazole rings is 1. The molecule has 1 aliphatic rings. The first-order valence-corrected chi connectivity index (χ1v) is 8.66. The van der Waals surface area contributed by atoms with Gasteiger partial charge in [-0.3, -0.25) is 0 Å². The lowest BCUT2D eigenvalue weighted by Gasteiger charge is -2.31. The topological polar surface area (TPSA) is 33.1 Å². The van der Waals surface area contributed by atoms with Crippen LogP contribution >= 0.6 is 11.6 Å². The molecule has 2 atom stereocenters. The van der Waals surface area contributed by atoms with Crippen molar-refractivity contribution in [3.05, 3.63) is 53.1 Å². The Hall–Kier alpha value is -1.36. The Kier molecular flexibility index (Phi) is 5.36. The van der Waals surface area contributed by atoms with Crippen molar-refractivity contribution in [3.8, 4) is 0 Å². The van der Waals surface area contributed by atoms with E-state index in [1.807, 2.05) is 37.6 Å². The summed E-state index contributed by atoms with van der Waals surface area (Å²) in [5, 5.41) is 4.50. The lowest BCUT2D eigenvalue weighted by Crippen LogP contribution is -2.39. The predicted molar refractivity (Wildman–Crippen MR) is 94.7 cm³/mol. The lowest BCUT2D eigenvalue weighted by molar-refractivity contribution is 0.204. The largest absolute Gasteiger partial charge is 0.336 e. The monoisotopic (exact) mass is 332 g/mol. The van der Waals surface area contributed by atoms with E-state index in [1.165, 1.54) is 19.4 Å². The maximum Gasteiger partial charge on any atom is 0.130 e. The van der Waals surface area contributed by atoms with Crippen LogP contribution in [0, 0.1) is 5.92 Å². The molecule has 1 fully saturated rings. The molecule has 0 radical (unpaired) electrons. The zero-order chi connectivity index (χ0) is 16.2. The van der Waals surface area contributed by atoms with Crippen molar-refractivity contribution < 1.29 is 0 Å². The van der Waals surface area contributed by atoms with Crippen LogP contribution in [0.5, 0.6) is 0 Å². The predicted octanol–water partition coefficient (Wildman–Crippen LogP) is 3.09. The molecule has 124 valence electrons. The van der Waals surface area contributed by atoms with Crippen molar-refractivity contribution in [2.24, 2.45) is 13.0 Å². The van der Waals surface area contributed by atoms with Gasteiger partial charge in [0.05, 0.1) is 6.04 Å². The minimum atomic E-state index is 0.0240. The zero-order valence-electron chi connectivity index (χ0n) is 13.9. The molecule has 2 aromatic rings. The van der Waals surface area contributed by atoms with Crippen LogP contribution < -0.4 is 5.32 Å². The molecule has 1 N–H and O–H groups in total. The first-order valence-electron chi connectivity index (χ1n) is 8.28. The smallest absolute Gasteiger partial charge is 0.130 e. The van der Waals surface area contributed by atoms with E-state index in [9.17, 15) is 0 Å². The molecule has 4 nitrogen and oxygen atoms in total. The van der Waals surface area contributed by atoms with E-state index in [0.29, 0.717) is 5.92 Å². The summed E-state index contributed by atoms with van der Waals surface area (Å²) in [5.74, 6) is 1.68. The maximum atomic E-state index is 6.45. The van der Waals surface area contributed by atoms with Gasteiger partial charge in [0, 0.05) is 37.6 Å². The van der Waals surface area contributed by atoms with Crippen molar-refractivity contribution in [2.45, 2.75) is 18.9 Å². The van der Waals surface area contributed by atoms with Crippen LogP contribution in [-0.4, -0.2) is 41.1 Å². The van der Waals surface area contributed by atoms with E-state index in [0.717, 1.165) is 29.5 Å². The fraction of sp³-hybridized carbons (Fsp3) is 0.500. The van der Waals surface area contributed by atoms with Crippen molar-refractivity contribution in [1.29, 1.82) is 0 Å². The summed E-state index contributed by atoms with van der Waals surface area (Å²) in [6, 6.07) is 8.06. The van der Waals surface area contributed by atoms with Crippen molar-refractivity contribution >= 4 is 11.6 Å². The molecular weight excluding hydrogens is 308 g/mol. The molecular formula is C18H25ClN4. The number of piperidine rings is 1. The molecule has 23 heavy (non-hydrogen) atoms. The third kappa shape index (κ3) is 3.94. The summed E-state index contributed by atoms with van der Waals surface area (Å²) in [6.07, 6.45) is 6.39. The number of hydrogen-bond acceptors (Lipinski definition) is 3. The highest BCUT2D eigenvalue weighted by molar-refractivity contribution is 6.31. The van der Waals surface area contributed by atoms with Crippen molar-refractivity contribution in [3.63, 3.8) is 0 Å². The Bertz CT molecular complexity index is 639. The van der Waals surface area contributed by atoms with Crippen molar-refractivity contribution in [2.75, 3.05) is 26.7 Å². The molecule has 0 unspecified atom stereocenters. The van der Waals surface area contributed by atoms with Crippen LogP contribution in [0.25, 0.3) is 0 Å². The van der Waals surface area contributed by atoms with E-state index in [1.54, 1.807) is 0 Å². The van der Waals surface area contributed by atoms with Gasteiger partial charge in [-0.25, -0.2) is 4.98 Å². The van der Waals surface area contributed by atoms with Gasteiger partial charge in [0.25, 0.3) is 0 Å². The number of rotatable bonds is 5. The Labute approximate surface area is 143 Å². The minimum absolute atomic E-state index is 0.0240. The second kappa shape index (κ2) is 7.47. The quantitative estimate of drug-likeness (QED) is 0.913. The summed E-state index contributed by atoms with van der Waals surface area (Å²) < 4.78 is 2.06. The van der Waals surface area contributed by atoms with Gasteiger partial charge < -0.3 is 14.8 Å². The third-order valence-electron chi connectivity index (χ3n) is 4.67. The van der Waals surface area contributed by atoms with Crippen LogP contribution in [-0.2, 0) is 7.05 Å². The van der Waals surface area contributed by atoms with Gasteiger partial charge >= 0.3 is 0 Å². The Morgan fingerprint density at radius 2 is 2.17 bits per heavy atom. The molecule has 1 saturated heterocycles. The number of halogens is 1. The van der Waals surface area contributed by atoms with Gasteiger partial charge in [-0.05, 0) is 44.0 Å². The van der Waals surface area contributed by atoms with Crippen LogP contribution in [0.2, 0.25) is 5.02 Å². The number of hydrogen-bond donors (Lipinski definition) is 1. The molecule has 1 aliphatic heterocycles. The van der Waals surface area contributed by atoms with E-state index in [2.05, 4.69) is 32.9 Å². The number of nitrogens with one attached hydrogen (secondary N) is 1. The molecule has 5 heteroatoms. The maximum absolute atomic E-state index is 6.45. The van der Waals surface area contributed by atoms with E-state index < -0.39 is 0 Å². The number of likely N-dealkylation sites (tertiary alicyclic amines) is 1. The summed E-state index contributed by atoms with van der Waals surface area (Å²) >= 11 is 6.45. The number of aromatic nitrogens is 2. The van der Waals surface area contributed by atoms with E-state index in [-0.39, 0.29) is 6.04 Å². The Morgan fingerprint density at radius 3 is 2.87 bits per heavy atom. The SMILES string of the molecule is CN1CCC[C@@H](CN[C@@H](c2ccccc2Cl)c2nccn2C)C1. The van der Waals surface area contributed by atoms with E-state index >= 15 is 0 Å². The normalized spacial score (nSPS) is 20.6. The van der Waals surface area contributed by atoms with Crippen LogP contribution in [0.3, 0.4) is 0 Å². The molecule has 0 spiro atoms. The summed E-state index contributed by atoms with van der Waals surface area (Å²) in [5.41, 5.74) is 1.09. The van der Waals surface area contributed by atoms with Gasteiger partial charge in [-0.1, -0.05) is 29.8 Å². The van der Waals surface area contributed by atoms with E-state index in [4.69, 9.17) is 11.6 Å². The average molecular weight is 333 g/mol. The molecule has 2 heterocycles. The number of nitrogens with zero attached hydrogens (tertiary/aromatic N) is 3.